The minimum atomic E-state index is -0.244. The van der Waals surface area contributed by atoms with Crippen LogP contribution in [-0.2, 0) is 9.53 Å². The number of pyridine rings is 1. The van der Waals surface area contributed by atoms with Gasteiger partial charge in [-0.2, -0.15) is 0 Å². The van der Waals surface area contributed by atoms with Crippen LogP contribution in [-0.4, -0.2) is 52.8 Å². The van der Waals surface area contributed by atoms with Crippen LogP contribution < -0.4 is 4.74 Å². The molecule has 2 aliphatic heterocycles. The molecule has 168 valence electrons. The molecule has 2 fully saturated rings. The van der Waals surface area contributed by atoms with Gasteiger partial charge < -0.3 is 19.5 Å². The van der Waals surface area contributed by atoms with Gasteiger partial charge in [0, 0.05) is 49.7 Å². The predicted octanol–water partition coefficient (Wildman–Crippen LogP) is 4.58. The molecule has 2 saturated heterocycles. The van der Waals surface area contributed by atoms with E-state index in [1.807, 2.05) is 53.4 Å². The van der Waals surface area contributed by atoms with Gasteiger partial charge in [-0.3, -0.25) is 9.78 Å². The standard InChI is InChI=1S/C25H26N2O4.ClH/c28-24-21(10-7-18-3-1-13-26-23(18)24)17-5-8-19(9-6-17)31-20-11-14-27(15-12-20)25(29)22-4-2-16-30-22;/h1,3,5-10,13,20,22,28H,2,4,11-12,14-16H2;1H/t22-;/m1./s1. The Labute approximate surface area is 193 Å². The van der Waals surface area contributed by atoms with Gasteiger partial charge in [0.25, 0.3) is 5.91 Å². The quantitative estimate of drug-likeness (QED) is 0.624. The highest BCUT2D eigenvalue weighted by molar-refractivity contribution is 5.91. The molecular formula is C25H27ClN2O4. The van der Waals surface area contributed by atoms with Crippen LogP contribution in [0.3, 0.4) is 0 Å². The lowest BCUT2D eigenvalue weighted by Crippen LogP contribution is -2.45. The number of benzene rings is 2. The Morgan fingerprint density at radius 1 is 1.06 bits per heavy atom. The zero-order valence-electron chi connectivity index (χ0n) is 17.8. The summed E-state index contributed by atoms with van der Waals surface area (Å²) in [5, 5.41) is 11.6. The van der Waals surface area contributed by atoms with Crippen LogP contribution >= 0.6 is 12.4 Å². The van der Waals surface area contributed by atoms with Gasteiger partial charge in [-0.05, 0) is 42.7 Å². The molecule has 1 atom stereocenters. The van der Waals surface area contributed by atoms with Crippen LogP contribution in [0.15, 0.2) is 54.7 Å². The summed E-state index contributed by atoms with van der Waals surface area (Å²) in [4.78, 5) is 18.7. The lowest BCUT2D eigenvalue weighted by Gasteiger charge is -2.33. The van der Waals surface area contributed by atoms with Crippen molar-refractivity contribution < 1.29 is 19.4 Å². The van der Waals surface area contributed by atoms with Gasteiger partial charge in [0.1, 0.15) is 29.2 Å². The fourth-order valence-electron chi connectivity index (χ4n) is 4.44. The third kappa shape index (κ3) is 4.52. The molecule has 3 aromatic rings. The fourth-order valence-corrected chi connectivity index (χ4v) is 4.44. The minimum Gasteiger partial charge on any atom is -0.505 e. The third-order valence-electron chi connectivity index (χ3n) is 6.17. The number of hydrogen-bond donors (Lipinski definition) is 1. The Morgan fingerprint density at radius 2 is 1.84 bits per heavy atom. The van der Waals surface area contributed by atoms with E-state index in [4.69, 9.17) is 9.47 Å². The van der Waals surface area contributed by atoms with E-state index >= 15 is 0 Å². The van der Waals surface area contributed by atoms with Crippen molar-refractivity contribution in [1.29, 1.82) is 0 Å². The number of nitrogens with zero attached hydrogens (tertiary/aromatic N) is 2. The first-order chi connectivity index (χ1) is 15.2. The number of likely N-dealkylation sites (tertiary alicyclic amines) is 1. The van der Waals surface area contributed by atoms with Gasteiger partial charge >= 0.3 is 0 Å². The minimum absolute atomic E-state index is 0. The average Bonchev–Trinajstić information content (AvgIpc) is 3.35. The molecule has 0 aliphatic carbocycles. The Bertz CT molecular complexity index is 1070. The molecule has 0 radical (unpaired) electrons. The van der Waals surface area contributed by atoms with Crippen LogP contribution in [0.1, 0.15) is 25.7 Å². The van der Waals surface area contributed by atoms with E-state index in [0.29, 0.717) is 25.2 Å². The normalized spacial score (nSPS) is 19.0. The number of ether oxygens (including phenoxy) is 2. The number of carbonyl (C=O) groups is 1. The number of amides is 1. The second-order valence-corrected chi connectivity index (χ2v) is 8.21. The molecule has 0 unspecified atom stereocenters. The Morgan fingerprint density at radius 3 is 2.56 bits per heavy atom. The SMILES string of the molecule is Cl.O=C([C@H]1CCCO1)N1CCC(Oc2ccc(-c3ccc4cccnc4c3O)cc2)CC1. The number of hydrogen-bond acceptors (Lipinski definition) is 5. The summed E-state index contributed by atoms with van der Waals surface area (Å²) in [7, 11) is 0. The lowest BCUT2D eigenvalue weighted by atomic mass is 10.0. The van der Waals surface area contributed by atoms with Gasteiger partial charge in [-0.1, -0.05) is 24.3 Å². The molecule has 1 aromatic heterocycles. The van der Waals surface area contributed by atoms with Gasteiger partial charge in [0.15, 0.2) is 0 Å². The van der Waals surface area contributed by atoms with E-state index in [0.717, 1.165) is 47.9 Å². The smallest absolute Gasteiger partial charge is 0.251 e. The van der Waals surface area contributed by atoms with Gasteiger partial charge in [-0.25, -0.2) is 0 Å². The van der Waals surface area contributed by atoms with E-state index in [1.54, 1.807) is 6.20 Å². The number of carbonyl (C=O) groups excluding carboxylic acids is 1. The van der Waals surface area contributed by atoms with Crippen molar-refractivity contribution in [3.63, 3.8) is 0 Å². The maximum Gasteiger partial charge on any atom is 0.251 e. The zero-order valence-corrected chi connectivity index (χ0v) is 18.6. The molecule has 1 amide bonds. The monoisotopic (exact) mass is 454 g/mol. The number of aromatic hydroxyl groups is 1. The highest BCUT2D eigenvalue weighted by atomic mass is 35.5. The van der Waals surface area contributed by atoms with Crippen molar-refractivity contribution in [1.82, 2.24) is 9.88 Å². The first kappa shape index (κ1) is 22.4. The number of halogens is 1. The van der Waals surface area contributed by atoms with Crippen LogP contribution in [0.25, 0.3) is 22.0 Å². The summed E-state index contributed by atoms with van der Waals surface area (Å²) in [6, 6.07) is 15.4. The summed E-state index contributed by atoms with van der Waals surface area (Å²) in [6.45, 7) is 2.11. The molecule has 7 heteroatoms. The second kappa shape index (κ2) is 9.76. The molecule has 5 rings (SSSR count). The largest absolute Gasteiger partial charge is 0.505 e. The molecule has 3 heterocycles. The summed E-state index contributed by atoms with van der Waals surface area (Å²) < 4.78 is 11.7. The number of rotatable bonds is 4. The lowest BCUT2D eigenvalue weighted by molar-refractivity contribution is -0.142. The van der Waals surface area contributed by atoms with E-state index in [2.05, 4.69) is 4.98 Å². The highest BCUT2D eigenvalue weighted by Gasteiger charge is 2.31. The van der Waals surface area contributed by atoms with Crippen molar-refractivity contribution in [3.05, 3.63) is 54.7 Å². The molecule has 0 spiro atoms. The van der Waals surface area contributed by atoms with Gasteiger partial charge in [-0.15, -0.1) is 12.4 Å². The van der Waals surface area contributed by atoms with Crippen molar-refractivity contribution in [2.45, 2.75) is 37.9 Å². The first-order valence-corrected chi connectivity index (χ1v) is 10.9. The number of phenols is 1. The van der Waals surface area contributed by atoms with Crippen molar-refractivity contribution in [2.75, 3.05) is 19.7 Å². The summed E-state index contributed by atoms with van der Waals surface area (Å²) in [5.74, 6) is 1.12. The van der Waals surface area contributed by atoms with Crippen LogP contribution in [0, 0.1) is 0 Å². The third-order valence-corrected chi connectivity index (χ3v) is 6.17. The van der Waals surface area contributed by atoms with Crippen LogP contribution in [0.4, 0.5) is 0 Å². The van der Waals surface area contributed by atoms with Crippen molar-refractivity contribution in [3.8, 4) is 22.6 Å². The average molecular weight is 455 g/mol. The highest BCUT2D eigenvalue weighted by Crippen LogP contribution is 2.35. The molecule has 2 aliphatic rings. The number of piperidine rings is 1. The predicted molar refractivity (Wildman–Crippen MR) is 125 cm³/mol. The van der Waals surface area contributed by atoms with E-state index in [9.17, 15) is 9.90 Å². The van der Waals surface area contributed by atoms with Crippen LogP contribution in [0.2, 0.25) is 0 Å². The van der Waals surface area contributed by atoms with Crippen molar-refractivity contribution in [2.24, 2.45) is 0 Å². The van der Waals surface area contributed by atoms with Crippen LogP contribution in [0.5, 0.6) is 11.5 Å². The summed E-state index contributed by atoms with van der Waals surface area (Å²) in [5.41, 5.74) is 2.26. The van der Waals surface area contributed by atoms with Gasteiger partial charge in [0.05, 0.1) is 0 Å². The van der Waals surface area contributed by atoms with Gasteiger partial charge in [0.2, 0.25) is 0 Å². The molecule has 1 N–H and O–H groups in total. The molecule has 32 heavy (non-hydrogen) atoms. The Hall–Kier alpha value is -2.83. The Kier molecular flexibility index (Phi) is 6.82. The molecule has 0 saturated carbocycles. The van der Waals surface area contributed by atoms with Crippen molar-refractivity contribution >= 4 is 29.2 Å². The first-order valence-electron chi connectivity index (χ1n) is 10.9. The molecule has 2 aromatic carbocycles. The van der Waals surface area contributed by atoms with E-state index < -0.39 is 0 Å². The molecular weight excluding hydrogens is 428 g/mol. The van der Waals surface area contributed by atoms with E-state index in [-0.39, 0.29) is 36.3 Å². The Balaban J connectivity index is 0.00000245. The summed E-state index contributed by atoms with van der Waals surface area (Å²) in [6.07, 6.45) is 4.98. The molecule has 0 bridgehead atoms. The number of aromatic nitrogens is 1. The fraction of sp³-hybridized carbons (Fsp3) is 0.360. The maximum absolute atomic E-state index is 12.5. The second-order valence-electron chi connectivity index (χ2n) is 8.21. The van der Waals surface area contributed by atoms with E-state index in [1.165, 1.54) is 0 Å². The number of fused-ring (bicyclic) bond motifs is 1. The number of phenolic OH excluding ortho intramolecular Hbond substituents is 1. The molecule has 6 nitrogen and oxygen atoms in total. The maximum atomic E-state index is 12.5. The summed E-state index contributed by atoms with van der Waals surface area (Å²) >= 11 is 0. The topological polar surface area (TPSA) is 71.9 Å². The zero-order chi connectivity index (χ0) is 21.2.